The number of amides is 1. The lowest BCUT2D eigenvalue weighted by Gasteiger charge is -2.10. The van der Waals surface area contributed by atoms with Crippen LogP contribution in [0.2, 0.25) is 0 Å². The van der Waals surface area contributed by atoms with Crippen molar-refractivity contribution in [1.82, 2.24) is 0 Å². The van der Waals surface area contributed by atoms with Gasteiger partial charge in [0.1, 0.15) is 0 Å². The molecule has 0 unspecified atom stereocenters. The lowest BCUT2D eigenvalue weighted by Crippen LogP contribution is -2.19. The Kier molecular flexibility index (Phi) is 30.7. The zero-order chi connectivity index (χ0) is 32.7. The molecule has 0 radical (unpaired) electrons. The molecule has 0 atom stereocenters. The summed E-state index contributed by atoms with van der Waals surface area (Å²) in [6.45, 7) is 9.25. The molecule has 0 spiro atoms. The Morgan fingerprint density at radius 3 is 0.864 bits per heavy atom. The van der Waals surface area contributed by atoms with Gasteiger partial charge in [-0.05, 0) is 37.5 Å². The van der Waals surface area contributed by atoms with Crippen LogP contribution in [0.3, 0.4) is 0 Å². The van der Waals surface area contributed by atoms with E-state index in [0.29, 0.717) is 18.4 Å². The predicted octanol–water partition coefficient (Wildman–Crippen LogP) is 12.9. The van der Waals surface area contributed by atoms with Gasteiger partial charge in [0.15, 0.2) is 0 Å². The Bertz CT molecular complexity index is 639. The third-order valence-electron chi connectivity index (χ3n) is 9.34. The summed E-state index contributed by atoms with van der Waals surface area (Å²) in [6.07, 6.45) is 36.8. The van der Waals surface area contributed by atoms with Crippen molar-refractivity contribution in [2.45, 2.75) is 220 Å². The van der Waals surface area contributed by atoms with E-state index in [1.54, 1.807) is 0 Å². The van der Waals surface area contributed by atoms with Crippen LogP contribution in [-0.4, -0.2) is 17.0 Å². The molecule has 44 heavy (non-hydrogen) atoms. The van der Waals surface area contributed by atoms with Gasteiger partial charge < -0.3 is 10.8 Å². The van der Waals surface area contributed by atoms with Crippen LogP contribution < -0.4 is 5.73 Å². The molecule has 4 nitrogen and oxygen atoms in total. The number of carbonyl (C=O) groups is 2. The summed E-state index contributed by atoms with van der Waals surface area (Å²) in [5.74, 6) is 0.181. The van der Waals surface area contributed by atoms with Crippen molar-refractivity contribution in [3.05, 3.63) is 11.1 Å². The molecule has 0 heterocycles. The van der Waals surface area contributed by atoms with Crippen LogP contribution in [0.15, 0.2) is 11.1 Å². The molecule has 0 saturated carbocycles. The van der Waals surface area contributed by atoms with Crippen molar-refractivity contribution >= 4 is 11.9 Å². The van der Waals surface area contributed by atoms with Gasteiger partial charge in [0, 0.05) is 11.1 Å². The summed E-state index contributed by atoms with van der Waals surface area (Å²) < 4.78 is 0. The van der Waals surface area contributed by atoms with Crippen LogP contribution in [0.5, 0.6) is 0 Å². The summed E-state index contributed by atoms with van der Waals surface area (Å²) >= 11 is 0. The van der Waals surface area contributed by atoms with Crippen molar-refractivity contribution in [1.29, 1.82) is 0 Å². The number of rotatable bonds is 34. The van der Waals surface area contributed by atoms with Crippen LogP contribution in [0.25, 0.3) is 0 Å². The number of carboxylic acids is 1. The standard InChI is InChI=1S/C40H77NO3/c1-35(2)31-27-23-19-15-11-7-5-9-13-17-21-25-29-33-37(39(41)42)38(40(43)44)34-30-26-22-18-14-10-6-8-12-16-20-24-28-32-36(3)4/h35-36H,5-34H2,1-4H3,(H2,41,42)(H,43,44)/b38-37-. The number of nitrogens with two attached hydrogens (primary N) is 1. The lowest BCUT2D eigenvalue weighted by atomic mass is 9.95. The number of carboxylic acid groups (broad SMARTS) is 1. The highest BCUT2D eigenvalue weighted by Crippen LogP contribution is 2.22. The number of carbonyl (C=O) groups excluding carboxylic acids is 1. The first-order chi connectivity index (χ1) is 21.3. The molecule has 3 N–H and O–H groups in total. The average molecular weight is 620 g/mol. The SMILES string of the molecule is CC(C)CCCCCCCCCCCCCCC/C(C(N)=O)=C(\CCCCCCCCCCCCCCCC(C)C)C(=O)O. The Morgan fingerprint density at radius 1 is 0.409 bits per heavy atom. The smallest absolute Gasteiger partial charge is 0.332 e. The number of hydrogen-bond acceptors (Lipinski definition) is 2. The van der Waals surface area contributed by atoms with E-state index in [2.05, 4.69) is 27.7 Å². The van der Waals surface area contributed by atoms with E-state index in [1.807, 2.05) is 0 Å². The molecular formula is C40H77NO3. The first-order valence-electron chi connectivity index (χ1n) is 19.5. The van der Waals surface area contributed by atoms with Gasteiger partial charge in [-0.15, -0.1) is 0 Å². The van der Waals surface area contributed by atoms with Gasteiger partial charge in [0.05, 0.1) is 0 Å². The second-order valence-electron chi connectivity index (χ2n) is 14.7. The summed E-state index contributed by atoms with van der Waals surface area (Å²) in [6, 6.07) is 0. The van der Waals surface area contributed by atoms with Gasteiger partial charge in [-0.3, -0.25) is 4.79 Å². The van der Waals surface area contributed by atoms with Crippen LogP contribution in [0.4, 0.5) is 0 Å². The highest BCUT2D eigenvalue weighted by atomic mass is 16.4. The number of primary amides is 1. The summed E-state index contributed by atoms with van der Waals surface area (Å²) in [7, 11) is 0. The third kappa shape index (κ3) is 29.4. The third-order valence-corrected chi connectivity index (χ3v) is 9.34. The fourth-order valence-electron chi connectivity index (χ4n) is 6.41. The molecule has 0 aliphatic rings. The van der Waals surface area contributed by atoms with Crippen molar-refractivity contribution in [2.24, 2.45) is 17.6 Å². The van der Waals surface area contributed by atoms with Gasteiger partial charge in [-0.25, -0.2) is 4.79 Å². The first kappa shape index (κ1) is 42.7. The average Bonchev–Trinajstić information content (AvgIpc) is 2.96. The quantitative estimate of drug-likeness (QED) is 0.0555. The van der Waals surface area contributed by atoms with Gasteiger partial charge in [-0.2, -0.15) is 0 Å². The maximum absolute atomic E-state index is 12.1. The first-order valence-corrected chi connectivity index (χ1v) is 19.5. The van der Waals surface area contributed by atoms with E-state index < -0.39 is 11.9 Å². The van der Waals surface area contributed by atoms with Gasteiger partial charge in [0.25, 0.3) is 0 Å². The molecule has 0 aromatic heterocycles. The Labute approximate surface area is 275 Å². The number of hydrogen-bond donors (Lipinski definition) is 2. The van der Waals surface area contributed by atoms with Crippen LogP contribution in [0, 0.1) is 11.8 Å². The maximum Gasteiger partial charge on any atom is 0.332 e. The number of aliphatic carboxylic acids is 1. The van der Waals surface area contributed by atoms with Gasteiger partial charge >= 0.3 is 5.97 Å². The molecule has 0 aromatic rings. The highest BCUT2D eigenvalue weighted by molar-refractivity contribution is 6.01. The van der Waals surface area contributed by atoms with Crippen molar-refractivity contribution in [3.63, 3.8) is 0 Å². The normalized spacial score (nSPS) is 12.3. The lowest BCUT2D eigenvalue weighted by molar-refractivity contribution is -0.133. The highest BCUT2D eigenvalue weighted by Gasteiger charge is 2.18. The largest absolute Gasteiger partial charge is 0.478 e. The fourth-order valence-corrected chi connectivity index (χ4v) is 6.41. The van der Waals surface area contributed by atoms with Gasteiger partial charge in [-0.1, -0.05) is 195 Å². The second-order valence-corrected chi connectivity index (χ2v) is 14.7. The van der Waals surface area contributed by atoms with E-state index in [9.17, 15) is 14.7 Å². The minimum atomic E-state index is -0.964. The monoisotopic (exact) mass is 620 g/mol. The van der Waals surface area contributed by atoms with E-state index in [1.165, 1.54) is 141 Å². The van der Waals surface area contributed by atoms with Crippen molar-refractivity contribution in [3.8, 4) is 0 Å². The van der Waals surface area contributed by atoms with Crippen LogP contribution >= 0.6 is 0 Å². The molecule has 4 heteroatoms. The van der Waals surface area contributed by atoms with Crippen molar-refractivity contribution < 1.29 is 14.7 Å². The number of unbranched alkanes of at least 4 members (excludes halogenated alkanes) is 24. The predicted molar refractivity (Wildman–Crippen MR) is 192 cm³/mol. The molecule has 0 bridgehead atoms. The summed E-state index contributed by atoms with van der Waals surface area (Å²) in [5, 5.41) is 9.79. The summed E-state index contributed by atoms with van der Waals surface area (Å²) in [4.78, 5) is 24.1. The second kappa shape index (κ2) is 31.7. The Balaban J connectivity index is 3.86. The molecule has 0 aliphatic heterocycles. The van der Waals surface area contributed by atoms with Crippen LogP contribution in [0.1, 0.15) is 220 Å². The van der Waals surface area contributed by atoms with Gasteiger partial charge in [0.2, 0.25) is 5.91 Å². The molecule has 1 amide bonds. The van der Waals surface area contributed by atoms with E-state index in [4.69, 9.17) is 5.73 Å². The summed E-state index contributed by atoms with van der Waals surface area (Å²) in [5.41, 5.74) is 6.27. The zero-order valence-electron chi connectivity index (χ0n) is 30.2. The minimum Gasteiger partial charge on any atom is -0.478 e. The topological polar surface area (TPSA) is 80.4 Å². The Hall–Kier alpha value is -1.32. The van der Waals surface area contributed by atoms with E-state index in [-0.39, 0.29) is 5.57 Å². The molecular weight excluding hydrogens is 542 g/mol. The fraction of sp³-hybridized carbons (Fsp3) is 0.900. The molecule has 260 valence electrons. The molecule has 0 saturated heterocycles. The maximum atomic E-state index is 12.1. The van der Waals surface area contributed by atoms with E-state index >= 15 is 0 Å². The van der Waals surface area contributed by atoms with Crippen molar-refractivity contribution in [2.75, 3.05) is 0 Å². The zero-order valence-corrected chi connectivity index (χ0v) is 30.2. The van der Waals surface area contributed by atoms with E-state index in [0.717, 1.165) is 50.4 Å². The molecule has 0 aromatic carbocycles. The minimum absolute atomic E-state index is 0.265. The van der Waals surface area contributed by atoms with Crippen LogP contribution in [-0.2, 0) is 9.59 Å². The molecule has 0 rings (SSSR count). The Morgan fingerprint density at radius 2 is 0.636 bits per heavy atom. The molecule has 0 fully saturated rings. The molecule has 0 aliphatic carbocycles.